The minimum absolute atomic E-state index is 0.0200. The lowest BCUT2D eigenvalue weighted by molar-refractivity contribution is 0.0690. The molecule has 1 heterocycles. The molecule has 1 aromatic rings. The van der Waals surface area contributed by atoms with Crippen LogP contribution in [0.5, 0.6) is 0 Å². The van der Waals surface area contributed by atoms with Crippen LogP contribution in [0.25, 0.3) is 0 Å². The van der Waals surface area contributed by atoms with Gasteiger partial charge in [0.05, 0.1) is 5.56 Å². The van der Waals surface area contributed by atoms with E-state index < -0.39 is 0 Å². The fourth-order valence-corrected chi connectivity index (χ4v) is 2.62. The molecule has 0 aliphatic carbocycles. The molecule has 0 fully saturated rings. The Kier molecular flexibility index (Phi) is 2.86. The quantitative estimate of drug-likeness (QED) is 0.796. The summed E-state index contributed by atoms with van der Waals surface area (Å²) in [6.07, 6.45) is 0.976. The van der Waals surface area contributed by atoms with Crippen LogP contribution in [0.15, 0.2) is 18.2 Å². The molecular weight excluding hydrogens is 212 g/mol. The number of carbonyl (C=O) groups excluding carboxylic acids is 1. The molecule has 3 nitrogen and oxygen atoms in total. The monoisotopic (exact) mass is 232 g/mol. The van der Waals surface area contributed by atoms with E-state index in [0.717, 1.165) is 25.1 Å². The van der Waals surface area contributed by atoms with Crippen molar-refractivity contribution in [1.29, 1.82) is 0 Å². The molecule has 3 heteroatoms. The number of benzene rings is 1. The van der Waals surface area contributed by atoms with E-state index in [9.17, 15) is 4.79 Å². The highest BCUT2D eigenvalue weighted by molar-refractivity contribution is 6.02. The van der Waals surface area contributed by atoms with Crippen LogP contribution in [0.4, 0.5) is 5.69 Å². The smallest absolute Gasteiger partial charge is 0.256 e. The van der Waals surface area contributed by atoms with Gasteiger partial charge in [-0.05, 0) is 18.1 Å². The molecule has 0 unspecified atom stereocenters. The summed E-state index contributed by atoms with van der Waals surface area (Å²) in [7, 11) is 0. The Bertz CT molecular complexity index is 452. The molecular formula is C14H20N2O. The maximum Gasteiger partial charge on any atom is 0.256 e. The van der Waals surface area contributed by atoms with Gasteiger partial charge < -0.3 is 10.6 Å². The molecule has 0 radical (unpaired) electrons. The first kappa shape index (κ1) is 12.0. The second-order valence-corrected chi connectivity index (χ2v) is 5.38. The minimum atomic E-state index is -0.0200. The largest absolute Gasteiger partial charge is 0.398 e. The van der Waals surface area contributed by atoms with Gasteiger partial charge in [-0.1, -0.05) is 32.9 Å². The SMILES string of the molecule is CCCN1CC(C)(C)c2cccc(N)c2C1=O. The standard InChI is InChI=1S/C14H20N2O/c1-4-8-16-9-14(2,3)10-6-5-7-11(15)12(10)13(16)17/h5-7H,4,8-9,15H2,1-3H3. The van der Waals surface area contributed by atoms with Crippen LogP contribution < -0.4 is 5.73 Å². The number of hydrogen-bond acceptors (Lipinski definition) is 2. The highest BCUT2D eigenvalue weighted by Crippen LogP contribution is 2.35. The molecule has 0 saturated heterocycles. The zero-order chi connectivity index (χ0) is 12.6. The summed E-state index contributed by atoms with van der Waals surface area (Å²) in [6.45, 7) is 8.00. The predicted octanol–water partition coefficient (Wildman–Crippen LogP) is 2.41. The van der Waals surface area contributed by atoms with Crippen molar-refractivity contribution in [2.45, 2.75) is 32.6 Å². The first-order valence-electron chi connectivity index (χ1n) is 6.15. The van der Waals surface area contributed by atoms with Crippen molar-refractivity contribution in [3.8, 4) is 0 Å². The molecule has 0 atom stereocenters. The van der Waals surface area contributed by atoms with Crippen molar-refractivity contribution in [3.05, 3.63) is 29.3 Å². The summed E-state index contributed by atoms with van der Waals surface area (Å²) < 4.78 is 0. The Labute approximate surface area is 103 Å². The highest BCUT2D eigenvalue weighted by atomic mass is 16.2. The molecule has 0 aromatic heterocycles. The van der Waals surface area contributed by atoms with Crippen molar-refractivity contribution < 1.29 is 4.79 Å². The van der Waals surface area contributed by atoms with Gasteiger partial charge >= 0.3 is 0 Å². The van der Waals surface area contributed by atoms with E-state index in [1.807, 2.05) is 23.1 Å². The van der Waals surface area contributed by atoms with Crippen LogP contribution in [0.3, 0.4) is 0 Å². The number of nitrogens with zero attached hydrogens (tertiary/aromatic N) is 1. The third-order valence-corrected chi connectivity index (χ3v) is 3.41. The van der Waals surface area contributed by atoms with Crippen LogP contribution in [0.2, 0.25) is 0 Å². The predicted molar refractivity (Wildman–Crippen MR) is 70.1 cm³/mol. The zero-order valence-corrected chi connectivity index (χ0v) is 10.8. The van der Waals surface area contributed by atoms with Crippen molar-refractivity contribution in [3.63, 3.8) is 0 Å². The number of fused-ring (bicyclic) bond motifs is 1. The van der Waals surface area contributed by atoms with Gasteiger partial charge in [0.15, 0.2) is 0 Å². The third kappa shape index (κ3) is 1.90. The van der Waals surface area contributed by atoms with Gasteiger partial charge in [0.25, 0.3) is 5.91 Å². The number of nitrogens with two attached hydrogens (primary N) is 1. The van der Waals surface area contributed by atoms with Gasteiger partial charge in [-0.15, -0.1) is 0 Å². The van der Waals surface area contributed by atoms with Crippen LogP contribution in [0, 0.1) is 0 Å². The first-order chi connectivity index (χ1) is 7.97. The van der Waals surface area contributed by atoms with Gasteiger partial charge in [0.1, 0.15) is 0 Å². The normalized spacial score (nSPS) is 18.1. The van der Waals surface area contributed by atoms with Gasteiger partial charge in [-0.2, -0.15) is 0 Å². The Morgan fingerprint density at radius 1 is 1.41 bits per heavy atom. The second kappa shape index (κ2) is 4.06. The summed E-state index contributed by atoms with van der Waals surface area (Å²) in [4.78, 5) is 14.3. The molecule has 1 aromatic carbocycles. The second-order valence-electron chi connectivity index (χ2n) is 5.38. The Morgan fingerprint density at radius 3 is 2.76 bits per heavy atom. The molecule has 0 bridgehead atoms. The molecule has 92 valence electrons. The van der Waals surface area contributed by atoms with E-state index in [0.29, 0.717) is 11.3 Å². The molecule has 2 rings (SSSR count). The van der Waals surface area contributed by atoms with Crippen molar-refractivity contribution in [1.82, 2.24) is 4.90 Å². The lowest BCUT2D eigenvalue weighted by atomic mass is 9.77. The van der Waals surface area contributed by atoms with E-state index in [1.54, 1.807) is 0 Å². The van der Waals surface area contributed by atoms with E-state index in [1.165, 1.54) is 0 Å². The molecule has 17 heavy (non-hydrogen) atoms. The summed E-state index contributed by atoms with van der Waals surface area (Å²) >= 11 is 0. The number of rotatable bonds is 2. The summed E-state index contributed by atoms with van der Waals surface area (Å²) in [5, 5.41) is 0. The van der Waals surface area contributed by atoms with E-state index >= 15 is 0 Å². The molecule has 1 aliphatic rings. The van der Waals surface area contributed by atoms with Crippen LogP contribution in [-0.4, -0.2) is 23.9 Å². The summed E-state index contributed by atoms with van der Waals surface area (Å²) in [5.74, 6) is 0.0827. The summed E-state index contributed by atoms with van der Waals surface area (Å²) in [5.41, 5.74) is 8.33. The van der Waals surface area contributed by atoms with Gasteiger partial charge in [-0.25, -0.2) is 0 Å². The zero-order valence-electron chi connectivity index (χ0n) is 10.8. The van der Waals surface area contributed by atoms with Crippen molar-refractivity contribution in [2.24, 2.45) is 0 Å². The molecule has 1 amide bonds. The highest BCUT2D eigenvalue weighted by Gasteiger charge is 2.36. The first-order valence-corrected chi connectivity index (χ1v) is 6.15. The molecule has 1 aliphatic heterocycles. The van der Waals surface area contributed by atoms with Gasteiger partial charge in [0.2, 0.25) is 0 Å². The lowest BCUT2D eigenvalue weighted by Crippen LogP contribution is -2.47. The lowest BCUT2D eigenvalue weighted by Gasteiger charge is -2.39. The van der Waals surface area contributed by atoms with E-state index in [-0.39, 0.29) is 11.3 Å². The number of hydrogen-bond donors (Lipinski definition) is 1. The average molecular weight is 232 g/mol. The Morgan fingerprint density at radius 2 is 2.12 bits per heavy atom. The van der Waals surface area contributed by atoms with Crippen LogP contribution in [0.1, 0.15) is 43.1 Å². The molecule has 0 spiro atoms. The molecule has 0 saturated carbocycles. The Balaban J connectivity index is 2.54. The maximum atomic E-state index is 12.4. The molecule has 2 N–H and O–H groups in total. The van der Waals surface area contributed by atoms with Crippen molar-refractivity contribution >= 4 is 11.6 Å². The van der Waals surface area contributed by atoms with Gasteiger partial charge in [-0.3, -0.25) is 4.79 Å². The topological polar surface area (TPSA) is 46.3 Å². The van der Waals surface area contributed by atoms with E-state index in [4.69, 9.17) is 5.73 Å². The Hall–Kier alpha value is -1.51. The van der Waals surface area contributed by atoms with Crippen LogP contribution >= 0.6 is 0 Å². The number of amides is 1. The number of nitrogen functional groups attached to an aromatic ring is 1. The maximum absolute atomic E-state index is 12.4. The number of anilines is 1. The van der Waals surface area contributed by atoms with Gasteiger partial charge in [0, 0.05) is 24.2 Å². The van der Waals surface area contributed by atoms with E-state index in [2.05, 4.69) is 20.8 Å². The fourth-order valence-electron chi connectivity index (χ4n) is 2.62. The summed E-state index contributed by atoms with van der Waals surface area (Å²) in [6, 6.07) is 5.76. The van der Waals surface area contributed by atoms with Crippen LogP contribution in [-0.2, 0) is 5.41 Å². The fraction of sp³-hybridized carbons (Fsp3) is 0.500. The average Bonchev–Trinajstić information content (AvgIpc) is 2.25. The minimum Gasteiger partial charge on any atom is -0.398 e. The third-order valence-electron chi connectivity index (χ3n) is 3.41. The number of carbonyl (C=O) groups is 1. The van der Waals surface area contributed by atoms with Crippen molar-refractivity contribution in [2.75, 3.05) is 18.8 Å².